The quantitative estimate of drug-likeness (QED) is 0.805. The Kier molecular flexibility index (Phi) is 4.06. The fourth-order valence-electron chi connectivity index (χ4n) is 1.15. The van der Waals surface area contributed by atoms with Crippen molar-refractivity contribution in [3.05, 3.63) is 29.3 Å². The highest BCUT2D eigenvalue weighted by atomic mass is 35.5. The van der Waals surface area contributed by atoms with Crippen LogP contribution in [0.25, 0.3) is 0 Å². The van der Waals surface area contributed by atoms with Crippen LogP contribution in [0.2, 0.25) is 5.02 Å². The molecule has 0 aromatic heterocycles. The highest BCUT2D eigenvalue weighted by Gasteiger charge is 2.00. The first-order valence-corrected chi connectivity index (χ1v) is 4.61. The number of ether oxygens (including phenoxy) is 1. The van der Waals surface area contributed by atoms with Crippen molar-refractivity contribution in [3.8, 4) is 0 Å². The first-order chi connectivity index (χ1) is 6.22. The van der Waals surface area contributed by atoms with E-state index in [4.69, 9.17) is 16.3 Å². The SMILES string of the molecule is COCC(C)Nc1cccc(Cl)c1. The van der Waals surface area contributed by atoms with Gasteiger partial charge in [-0.05, 0) is 25.1 Å². The van der Waals surface area contributed by atoms with Crippen LogP contribution in [-0.2, 0) is 4.74 Å². The number of rotatable bonds is 4. The van der Waals surface area contributed by atoms with Crippen molar-refractivity contribution in [2.24, 2.45) is 0 Å². The molecule has 1 aromatic rings. The molecule has 1 unspecified atom stereocenters. The van der Waals surface area contributed by atoms with Crippen molar-refractivity contribution in [2.75, 3.05) is 19.0 Å². The highest BCUT2D eigenvalue weighted by molar-refractivity contribution is 6.30. The lowest BCUT2D eigenvalue weighted by atomic mass is 10.3. The molecule has 0 saturated carbocycles. The van der Waals surface area contributed by atoms with Gasteiger partial charge in [0.05, 0.1) is 6.61 Å². The van der Waals surface area contributed by atoms with Gasteiger partial charge in [-0.1, -0.05) is 17.7 Å². The lowest BCUT2D eigenvalue weighted by Gasteiger charge is -2.13. The van der Waals surface area contributed by atoms with Crippen LogP contribution in [0.3, 0.4) is 0 Å². The Morgan fingerprint density at radius 3 is 2.92 bits per heavy atom. The summed E-state index contributed by atoms with van der Waals surface area (Å²) >= 11 is 5.83. The zero-order valence-electron chi connectivity index (χ0n) is 7.88. The molecule has 2 nitrogen and oxygen atoms in total. The van der Waals surface area contributed by atoms with Crippen LogP contribution in [-0.4, -0.2) is 19.8 Å². The van der Waals surface area contributed by atoms with E-state index in [-0.39, 0.29) is 0 Å². The Bertz CT molecular complexity index is 265. The van der Waals surface area contributed by atoms with Crippen LogP contribution >= 0.6 is 11.6 Å². The van der Waals surface area contributed by atoms with E-state index in [1.165, 1.54) is 0 Å². The molecule has 0 bridgehead atoms. The number of methoxy groups -OCH3 is 1. The van der Waals surface area contributed by atoms with E-state index in [1.807, 2.05) is 24.3 Å². The van der Waals surface area contributed by atoms with Crippen molar-refractivity contribution < 1.29 is 4.74 Å². The van der Waals surface area contributed by atoms with Gasteiger partial charge in [-0.3, -0.25) is 0 Å². The van der Waals surface area contributed by atoms with E-state index in [9.17, 15) is 0 Å². The van der Waals surface area contributed by atoms with E-state index in [1.54, 1.807) is 7.11 Å². The van der Waals surface area contributed by atoms with Gasteiger partial charge in [-0.25, -0.2) is 0 Å². The van der Waals surface area contributed by atoms with Gasteiger partial charge >= 0.3 is 0 Å². The molecule has 3 heteroatoms. The summed E-state index contributed by atoms with van der Waals surface area (Å²) in [5, 5.41) is 4.02. The van der Waals surface area contributed by atoms with Gasteiger partial charge in [0.15, 0.2) is 0 Å². The maximum atomic E-state index is 5.83. The lowest BCUT2D eigenvalue weighted by molar-refractivity contribution is 0.190. The van der Waals surface area contributed by atoms with Crippen molar-refractivity contribution in [3.63, 3.8) is 0 Å². The van der Waals surface area contributed by atoms with E-state index >= 15 is 0 Å². The van der Waals surface area contributed by atoms with Crippen LogP contribution in [0.4, 0.5) is 5.69 Å². The molecule has 0 fully saturated rings. The second-order valence-electron chi connectivity index (χ2n) is 3.01. The topological polar surface area (TPSA) is 21.3 Å². The van der Waals surface area contributed by atoms with E-state index < -0.39 is 0 Å². The normalized spacial score (nSPS) is 12.5. The van der Waals surface area contributed by atoms with Crippen molar-refractivity contribution in [1.29, 1.82) is 0 Å². The van der Waals surface area contributed by atoms with Crippen LogP contribution in [0.5, 0.6) is 0 Å². The predicted octanol–water partition coefficient (Wildman–Crippen LogP) is 2.79. The Balaban J connectivity index is 2.53. The molecule has 0 amide bonds. The van der Waals surface area contributed by atoms with Crippen LogP contribution in [0, 0.1) is 0 Å². The number of benzene rings is 1. The fraction of sp³-hybridized carbons (Fsp3) is 0.400. The van der Waals surface area contributed by atoms with Crippen molar-refractivity contribution >= 4 is 17.3 Å². The standard InChI is InChI=1S/C10H14ClNO/c1-8(7-13-2)12-10-5-3-4-9(11)6-10/h3-6,8,12H,7H2,1-2H3. The molecule has 0 radical (unpaired) electrons. The third kappa shape index (κ3) is 3.66. The van der Waals surface area contributed by atoms with Crippen LogP contribution in [0.15, 0.2) is 24.3 Å². The first kappa shape index (κ1) is 10.4. The van der Waals surface area contributed by atoms with Gasteiger partial charge in [0.25, 0.3) is 0 Å². The van der Waals surface area contributed by atoms with Gasteiger partial charge in [-0.15, -0.1) is 0 Å². The average Bonchev–Trinajstić information content (AvgIpc) is 2.04. The first-order valence-electron chi connectivity index (χ1n) is 4.23. The minimum Gasteiger partial charge on any atom is -0.383 e. The molecule has 1 rings (SSSR count). The molecule has 72 valence electrons. The molecule has 0 aliphatic rings. The van der Waals surface area contributed by atoms with Gasteiger partial charge in [-0.2, -0.15) is 0 Å². The fourth-order valence-corrected chi connectivity index (χ4v) is 1.34. The largest absolute Gasteiger partial charge is 0.383 e. The van der Waals surface area contributed by atoms with Crippen LogP contribution < -0.4 is 5.32 Å². The zero-order chi connectivity index (χ0) is 9.68. The second kappa shape index (κ2) is 5.10. The number of hydrogen-bond acceptors (Lipinski definition) is 2. The van der Waals surface area contributed by atoms with E-state index in [2.05, 4.69) is 12.2 Å². The summed E-state index contributed by atoms with van der Waals surface area (Å²) in [6.07, 6.45) is 0. The zero-order valence-corrected chi connectivity index (χ0v) is 8.64. The molecule has 0 spiro atoms. The molecular weight excluding hydrogens is 186 g/mol. The summed E-state index contributed by atoms with van der Waals surface area (Å²) in [7, 11) is 1.69. The molecule has 0 heterocycles. The molecule has 0 aliphatic carbocycles. The highest BCUT2D eigenvalue weighted by Crippen LogP contribution is 2.15. The lowest BCUT2D eigenvalue weighted by Crippen LogP contribution is -2.20. The summed E-state index contributed by atoms with van der Waals surface area (Å²) < 4.78 is 5.01. The van der Waals surface area contributed by atoms with Gasteiger partial charge in [0.1, 0.15) is 0 Å². The van der Waals surface area contributed by atoms with E-state index in [0.29, 0.717) is 12.6 Å². The molecule has 1 atom stereocenters. The molecule has 1 N–H and O–H groups in total. The summed E-state index contributed by atoms with van der Waals surface area (Å²) in [6.45, 7) is 2.75. The van der Waals surface area contributed by atoms with Crippen LogP contribution in [0.1, 0.15) is 6.92 Å². The Morgan fingerprint density at radius 2 is 2.31 bits per heavy atom. The van der Waals surface area contributed by atoms with Crippen molar-refractivity contribution in [2.45, 2.75) is 13.0 Å². The summed E-state index contributed by atoms with van der Waals surface area (Å²) in [4.78, 5) is 0. The number of hydrogen-bond donors (Lipinski definition) is 1. The number of halogens is 1. The summed E-state index contributed by atoms with van der Waals surface area (Å²) in [5.74, 6) is 0. The maximum Gasteiger partial charge on any atom is 0.0661 e. The molecular formula is C10H14ClNO. The molecule has 1 aromatic carbocycles. The van der Waals surface area contributed by atoms with Crippen molar-refractivity contribution in [1.82, 2.24) is 0 Å². The minimum absolute atomic E-state index is 0.295. The summed E-state index contributed by atoms with van der Waals surface area (Å²) in [6, 6.07) is 7.95. The Labute approximate surface area is 83.9 Å². The van der Waals surface area contributed by atoms with Gasteiger partial charge in [0, 0.05) is 23.9 Å². The van der Waals surface area contributed by atoms with Gasteiger partial charge in [0.2, 0.25) is 0 Å². The molecule has 0 aliphatic heterocycles. The average molecular weight is 200 g/mol. The Morgan fingerprint density at radius 1 is 1.54 bits per heavy atom. The predicted molar refractivity (Wildman–Crippen MR) is 56.4 cm³/mol. The smallest absolute Gasteiger partial charge is 0.0661 e. The van der Waals surface area contributed by atoms with Gasteiger partial charge < -0.3 is 10.1 Å². The molecule has 13 heavy (non-hydrogen) atoms. The minimum atomic E-state index is 0.295. The monoisotopic (exact) mass is 199 g/mol. The number of anilines is 1. The third-order valence-corrected chi connectivity index (χ3v) is 1.89. The second-order valence-corrected chi connectivity index (χ2v) is 3.45. The Hall–Kier alpha value is -0.730. The maximum absolute atomic E-state index is 5.83. The van der Waals surface area contributed by atoms with E-state index in [0.717, 1.165) is 10.7 Å². The summed E-state index contributed by atoms with van der Waals surface area (Å²) in [5.41, 5.74) is 1.03. The number of nitrogens with one attached hydrogen (secondary N) is 1. The molecule has 0 saturated heterocycles. The third-order valence-electron chi connectivity index (χ3n) is 1.65.